The van der Waals surface area contributed by atoms with Crippen molar-refractivity contribution in [1.29, 1.82) is 0 Å². The summed E-state index contributed by atoms with van der Waals surface area (Å²) in [6.45, 7) is 8.38. The van der Waals surface area contributed by atoms with Crippen LogP contribution in [0.2, 0.25) is 0 Å². The van der Waals surface area contributed by atoms with Crippen LogP contribution in [-0.2, 0) is 27.4 Å². The van der Waals surface area contributed by atoms with Gasteiger partial charge in [-0.15, -0.1) is 0 Å². The first-order valence-electron chi connectivity index (χ1n) is 14.1. The van der Waals surface area contributed by atoms with E-state index in [1.807, 2.05) is 60.7 Å². The van der Waals surface area contributed by atoms with Gasteiger partial charge in [-0.2, -0.15) is 0 Å². The van der Waals surface area contributed by atoms with Gasteiger partial charge in [0.15, 0.2) is 0 Å². The Balaban J connectivity index is 1.60. The van der Waals surface area contributed by atoms with Crippen molar-refractivity contribution in [2.24, 2.45) is 4.99 Å². The minimum Gasteiger partial charge on any atom is -0.459 e. The molecule has 0 saturated heterocycles. The number of nitro benzene ring substituents is 1. The number of para-hydroxylation sites is 1. The summed E-state index contributed by atoms with van der Waals surface area (Å²) in [5.41, 5.74) is 2.51. The smallest absolute Gasteiger partial charge is 0.416 e. The Hall–Kier alpha value is -4.83. The van der Waals surface area contributed by atoms with Crippen LogP contribution in [0.4, 0.5) is 10.5 Å². The average Bonchev–Trinajstić information content (AvgIpc) is 2.97. The normalized spacial score (nSPS) is 15.0. The maximum atomic E-state index is 13.7. The molecule has 0 fully saturated rings. The molecular weight excluding hydrogens is 548 g/mol. The van der Waals surface area contributed by atoms with Gasteiger partial charge < -0.3 is 9.47 Å². The Labute approximate surface area is 251 Å². The highest BCUT2D eigenvalue weighted by atomic mass is 16.6. The fraction of sp³-hybridized carbons (Fsp3) is 0.303. The van der Waals surface area contributed by atoms with Crippen molar-refractivity contribution in [1.82, 2.24) is 9.80 Å². The summed E-state index contributed by atoms with van der Waals surface area (Å²) >= 11 is 0. The molecule has 0 spiro atoms. The number of nitrogens with zero attached hydrogens (tertiary/aromatic N) is 4. The van der Waals surface area contributed by atoms with E-state index in [1.54, 1.807) is 33.8 Å². The van der Waals surface area contributed by atoms with Crippen LogP contribution in [0.1, 0.15) is 50.4 Å². The molecule has 0 bridgehead atoms. The maximum Gasteiger partial charge on any atom is 0.416 e. The number of amidine groups is 1. The van der Waals surface area contributed by atoms with E-state index in [1.165, 1.54) is 23.1 Å². The third-order valence-corrected chi connectivity index (χ3v) is 6.92. The average molecular weight is 585 g/mol. The van der Waals surface area contributed by atoms with Gasteiger partial charge in [0.25, 0.3) is 5.69 Å². The molecule has 0 radical (unpaired) electrons. The van der Waals surface area contributed by atoms with Crippen molar-refractivity contribution in [3.8, 4) is 0 Å². The van der Waals surface area contributed by atoms with Crippen molar-refractivity contribution >= 4 is 23.6 Å². The molecule has 224 valence electrons. The predicted molar refractivity (Wildman–Crippen MR) is 163 cm³/mol. The number of benzene rings is 3. The molecule has 1 aliphatic rings. The molecule has 10 heteroatoms. The molecular formula is C33H36N4O6. The van der Waals surface area contributed by atoms with Gasteiger partial charge in [0.05, 0.1) is 27.9 Å². The van der Waals surface area contributed by atoms with Gasteiger partial charge in [0.1, 0.15) is 18.5 Å². The van der Waals surface area contributed by atoms with Gasteiger partial charge in [-0.1, -0.05) is 72.8 Å². The number of esters is 1. The minimum absolute atomic E-state index is 0.0420. The molecule has 0 aromatic heterocycles. The lowest BCUT2D eigenvalue weighted by Gasteiger charge is -2.35. The topological polar surface area (TPSA) is 115 Å². The molecule has 1 atom stereocenters. The second-order valence-electron chi connectivity index (χ2n) is 10.5. The lowest BCUT2D eigenvalue weighted by molar-refractivity contribution is -0.385. The number of ether oxygens (including phenoxy) is 2. The number of aliphatic imine (C=N–C) groups is 1. The number of allylic oxidation sites excluding steroid dienone is 1. The van der Waals surface area contributed by atoms with E-state index >= 15 is 0 Å². The van der Waals surface area contributed by atoms with E-state index in [-0.39, 0.29) is 29.3 Å². The Morgan fingerprint density at radius 3 is 2.05 bits per heavy atom. The second-order valence-corrected chi connectivity index (χ2v) is 10.5. The summed E-state index contributed by atoms with van der Waals surface area (Å²) in [6.07, 6.45) is -1.22. The summed E-state index contributed by atoms with van der Waals surface area (Å²) in [4.78, 5) is 46.3. The highest BCUT2D eigenvalue weighted by Crippen LogP contribution is 2.40. The minimum atomic E-state index is -1.16. The van der Waals surface area contributed by atoms with Crippen molar-refractivity contribution in [2.45, 2.75) is 52.9 Å². The fourth-order valence-electron chi connectivity index (χ4n) is 5.05. The van der Waals surface area contributed by atoms with Crippen LogP contribution < -0.4 is 0 Å². The van der Waals surface area contributed by atoms with E-state index in [4.69, 9.17) is 9.47 Å². The molecule has 1 unspecified atom stereocenters. The van der Waals surface area contributed by atoms with Crippen molar-refractivity contribution < 1.29 is 24.0 Å². The van der Waals surface area contributed by atoms with E-state index in [2.05, 4.69) is 9.89 Å². The lowest BCUT2D eigenvalue weighted by Crippen LogP contribution is -2.44. The monoisotopic (exact) mass is 584 g/mol. The molecule has 3 aromatic rings. The molecule has 3 aromatic carbocycles. The van der Waals surface area contributed by atoms with Crippen LogP contribution in [0.5, 0.6) is 0 Å². The van der Waals surface area contributed by atoms with E-state index < -0.39 is 29.1 Å². The molecule has 4 rings (SSSR count). The molecule has 1 heterocycles. The molecule has 0 saturated carbocycles. The SMILES string of the molecule is CC1=NC(C)=C(C(=O)OC(C)C)C(c2ccccc2[N+](=O)[O-])N1C(=O)OCCN(Cc1ccccc1)Cc1ccccc1. The number of carbonyl (C=O) groups is 2. The van der Waals surface area contributed by atoms with Crippen LogP contribution in [-0.4, -0.2) is 51.9 Å². The molecule has 1 amide bonds. The quantitative estimate of drug-likeness (QED) is 0.145. The zero-order valence-corrected chi connectivity index (χ0v) is 24.8. The number of hydrogen-bond donors (Lipinski definition) is 0. The molecule has 0 aliphatic carbocycles. The number of carbonyl (C=O) groups excluding carboxylic acids is 2. The highest BCUT2D eigenvalue weighted by molar-refractivity contribution is 6.01. The maximum absolute atomic E-state index is 13.7. The van der Waals surface area contributed by atoms with Crippen LogP contribution in [0.25, 0.3) is 0 Å². The predicted octanol–water partition coefficient (Wildman–Crippen LogP) is 6.43. The Kier molecular flexibility index (Phi) is 10.4. The summed E-state index contributed by atoms with van der Waals surface area (Å²) in [5.74, 6) is -0.459. The molecule has 1 aliphatic heterocycles. The van der Waals surface area contributed by atoms with Gasteiger partial charge in [-0.05, 0) is 44.9 Å². The van der Waals surface area contributed by atoms with Crippen molar-refractivity contribution in [3.63, 3.8) is 0 Å². The van der Waals surface area contributed by atoms with Gasteiger partial charge in [-0.3, -0.25) is 19.9 Å². The highest BCUT2D eigenvalue weighted by Gasteiger charge is 2.42. The molecule has 0 N–H and O–H groups in total. The van der Waals surface area contributed by atoms with Gasteiger partial charge in [-0.25, -0.2) is 14.6 Å². The fourth-order valence-corrected chi connectivity index (χ4v) is 5.05. The second kappa shape index (κ2) is 14.4. The number of amides is 1. The van der Waals surface area contributed by atoms with E-state index in [9.17, 15) is 19.7 Å². The third kappa shape index (κ3) is 7.92. The number of hydrogen-bond acceptors (Lipinski definition) is 8. The molecule has 43 heavy (non-hydrogen) atoms. The van der Waals surface area contributed by atoms with Crippen LogP contribution in [0.3, 0.4) is 0 Å². The Morgan fingerprint density at radius 1 is 0.930 bits per heavy atom. The standard InChI is InChI=1S/C33H36N4O6/c1-23(2)43-32(38)30-24(3)34-25(4)36(31(30)28-17-11-12-18-29(28)37(40)41)33(39)42-20-19-35(21-26-13-7-5-8-14-26)22-27-15-9-6-10-16-27/h5-18,23,31H,19-22H2,1-4H3. The summed E-state index contributed by atoms with van der Waals surface area (Å²) in [7, 11) is 0. The van der Waals surface area contributed by atoms with Gasteiger partial charge in [0.2, 0.25) is 0 Å². The largest absolute Gasteiger partial charge is 0.459 e. The summed E-state index contributed by atoms with van der Waals surface area (Å²) in [5, 5.41) is 12.0. The third-order valence-electron chi connectivity index (χ3n) is 6.92. The zero-order valence-electron chi connectivity index (χ0n) is 24.8. The number of nitro groups is 1. The lowest BCUT2D eigenvalue weighted by atomic mass is 9.92. The Bertz CT molecular complexity index is 1460. The van der Waals surface area contributed by atoms with Crippen molar-refractivity contribution in [3.05, 3.63) is 123 Å². The van der Waals surface area contributed by atoms with E-state index in [0.717, 1.165) is 11.1 Å². The Morgan fingerprint density at radius 2 is 1.49 bits per heavy atom. The number of rotatable bonds is 11. The van der Waals surface area contributed by atoms with Gasteiger partial charge >= 0.3 is 12.1 Å². The van der Waals surface area contributed by atoms with E-state index in [0.29, 0.717) is 25.3 Å². The van der Waals surface area contributed by atoms with Crippen LogP contribution in [0, 0.1) is 10.1 Å². The van der Waals surface area contributed by atoms with Gasteiger partial charge in [0, 0.05) is 25.7 Å². The van der Waals surface area contributed by atoms with Crippen molar-refractivity contribution in [2.75, 3.05) is 13.2 Å². The first-order chi connectivity index (χ1) is 20.7. The summed E-state index contributed by atoms with van der Waals surface area (Å²) < 4.78 is 11.3. The summed E-state index contributed by atoms with van der Waals surface area (Å²) in [6, 6.07) is 24.9. The zero-order chi connectivity index (χ0) is 30.9. The van der Waals surface area contributed by atoms with Crippen LogP contribution in [0.15, 0.2) is 101 Å². The molecule has 10 nitrogen and oxygen atoms in total. The first-order valence-corrected chi connectivity index (χ1v) is 14.1. The first kappa shape index (κ1) is 31.1. The van der Waals surface area contributed by atoms with Crippen LogP contribution >= 0.6 is 0 Å².